The van der Waals surface area contributed by atoms with Crippen molar-refractivity contribution in [2.75, 3.05) is 7.05 Å². The molecule has 0 radical (unpaired) electrons. The third kappa shape index (κ3) is 3.03. The normalized spacial score (nSPS) is 12.2. The fourth-order valence-electron chi connectivity index (χ4n) is 1.81. The molecule has 0 N–H and O–H groups in total. The number of hydrogen-bond donors (Lipinski definition) is 0. The molecule has 0 aliphatic carbocycles. The van der Waals surface area contributed by atoms with Gasteiger partial charge in [-0.15, -0.1) is 22.9 Å². The minimum absolute atomic E-state index is 0.222. The SMILES string of the molecule is Cc1csc(CCl)c1S(=O)(=O)N(C)Cc1ccsc1. The number of sulfonamides is 1. The zero-order valence-electron chi connectivity index (χ0n) is 10.6. The van der Waals surface area contributed by atoms with E-state index in [4.69, 9.17) is 11.6 Å². The van der Waals surface area contributed by atoms with Crippen LogP contribution >= 0.6 is 34.3 Å². The molecule has 104 valence electrons. The molecule has 0 aliphatic heterocycles. The number of thiophene rings is 2. The first-order valence-corrected chi connectivity index (χ1v) is 9.37. The summed E-state index contributed by atoms with van der Waals surface area (Å²) in [5.41, 5.74) is 1.76. The summed E-state index contributed by atoms with van der Waals surface area (Å²) in [5.74, 6) is 0.222. The van der Waals surface area contributed by atoms with Gasteiger partial charge in [0.05, 0.1) is 5.88 Å². The predicted molar refractivity (Wildman–Crippen MR) is 81.6 cm³/mol. The van der Waals surface area contributed by atoms with Crippen LogP contribution in [0.25, 0.3) is 0 Å². The lowest BCUT2D eigenvalue weighted by Gasteiger charge is -2.17. The van der Waals surface area contributed by atoms with Gasteiger partial charge in [0.2, 0.25) is 10.0 Å². The molecule has 0 aliphatic rings. The lowest BCUT2D eigenvalue weighted by atomic mass is 10.3. The highest BCUT2D eigenvalue weighted by Crippen LogP contribution is 2.30. The van der Waals surface area contributed by atoms with E-state index in [2.05, 4.69) is 0 Å². The highest BCUT2D eigenvalue weighted by atomic mass is 35.5. The number of nitrogens with zero attached hydrogens (tertiary/aromatic N) is 1. The van der Waals surface area contributed by atoms with Crippen LogP contribution in [0.1, 0.15) is 16.0 Å². The summed E-state index contributed by atoms with van der Waals surface area (Å²) in [6.45, 7) is 2.18. The fourth-order valence-corrected chi connectivity index (χ4v) is 5.63. The van der Waals surface area contributed by atoms with Gasteiger partial charge in [0, 0.05) is 18.5 Å². The van der Waals surface area contributed by atoms with Crippen molar-refractivity contribution in [2.24, 2.45) is 0 Å². The molecule has 0 unspecified atom stereocenters. The second-order valence-corrected chi connectivity index (χ2v) is 8.19. The number of hydrogen-bond acceptors (Lipinski definition) is 4. The molecule has 0 saturated carbocycles. The average Bonchev–Trinajstić information content (AvgIpc) is 2.98. The van der Waals surface area contributed by atoms with Crippen molar-refractivity contribution >= 4 is 44.3 Å². The second kappa shape index (κ2) is 5.93. The number of aryl methyl sites for hydroxylation is 1. The van der Waals surface area contributed by atoms with Crippen LogP contribution in [0.4, 0.5) is 0 Å². The quantitative estimate of drug-likeness (QED) is 0.782. The molecule has 2 aromatic heterocycles. The van der Waals surface area contributed by atoms with Gasteiger partial charge in [0.1, 0.15) is 4.90 Å². The first-order chi connectivity index (χ1) is 8.96. The Morgan fingerprint density at radius 3 is 2.68 bits per heavy atom. The van der Waals surface area contributed by atoms with Crippen molar-refractivity contribution in [3.63, 3.8) is 0 Å². The summed E-state index contributed by atoms with van der Waals surface area (Å²) in [5, 5.41) is 5.73. The van der Waals surface area contributed by atoms with Gasteiger partial charge in [0.15, 0.2) is 0 Å². The molecule has 0 aromatic carbocycles. The first kappa shape index (κ1) is 15.0. The smallest absolute Gasteiger partial charge is 0.207 e. The molecule has 3 nitrogen and oxygen atoms in total. The average molecular weight is 336 g/mol. The Balaban J connectivity index is 2.33. The summed E-state index contributed by atoms with van der Waals surface area (Å²) >= 11 is 8.78. The maximum atomic E-state index is 12.6. The molecule has 0 fully saturated rings. The molecule has 7 heteroatoms. The summed E-state index contributed by atoms with van der Waals surface area (Å²) in [6, 6.07) is 1.93. The van der Waals surface area contributed by atoms with Gasteiger partial charge in [-0.2, -0.15) is 15.6 Å². The van der Waals surface area contributed by atoms with E-state index in [0.29, 0.717) is 16.3 Å². The summed E-state index contributed by atoms with van der Waals surface area (Å²) in [7, 11) is -1.88. The van der Waals surface area contributed by atoms with Crippen molar-refractivity contribution in [3.05, 3.63) is 38.2 Å². The third-order valence-electron chi connectivity index (χ3n) is 2.76. The molecule has 0 atom stereocenters. The molecule has 2 rings (SSSR count). The monoisotopic (exact) mass is 335 g/mol. The highest BCUT2D eigenvalue weighted by molar-refractivity contribution is 7.89. The van der Waals surface area contributed by atoms with Gasteiger partial charge in [-0.1, -0.05) is 0 Å². The van der Waals surface area contributed by atoms with Gasteiger partial charge in [-0.05, 0) is 40.3 Å². The maximum Gasteiger partial charge on any atom is 0.244 e. The number of rotatable bonds is 5. The molecule has 2 aromatic rings. The highest BCUT2D eigenvalue weighted by Gasteiger charge is 2.27. The Labute approximate surface area is 126 Å². The molecule has 19 heavy (non-hydrogen) atoms. The minimum atomic E-state index is -3.48. The van der Waals surface area contributed by atoms with Gasteiger partial charge in [0.25, 0.3) is 0 Å². The van der Waals surface area contributed by atoms with Crippen molar-refractivity contribution in [3.8, 4) is 0 Å². The van der Waals surface area contributed by atoms with Crippen LogP contribution in [-0.2, 0) is 22.4 Å². The Hall–Kier alpha value is -0.400. The Kier molecular flexibility index (Phi) is 4.68. The molecule has 0 spiro atoms. The zero-order valence-corrected chi connectivity index (χ0v) is 13.8. The van der Waals surface area contributed by atoms with E-state index in [9.17, 15) is 8.42 Å². The summed E-state index contributed by atoms with van der Waals surface area (Å²) in [4.78, 5) is 1.07. The number of halogens is 1. The van der Waals surface area contributed by atoms with Crippen LogP contribution in [0, 0.1) is 6.92 Å². The Morgan fingerprint density at radius 1 is 1.37 bits per heavy atom. The van der Waals surface area contributed by atoms with E-state index in [0.717, 1.165) is 11.1 Å². The lowest BCUT2D eigenvalue weighted by molar-refractivity contribution is 0.466. The first-order valence-electron chi connectivity index (χ1n) is 5.57. The van der Waals surface area contributed by atoms with Crippen molar-refractivity contribution in [2.45, 2.75) is 24.2 Å². The molecule has 0 amide bonds. The van der Waals surface area contributed by atoms with Crippen molar-refractivity contribution < 1.29 is 8.42 Å². The van der Waals surface area contributed by atoms with Crippen LogP contribution in [0.15, 0.2) is 27.1 Å². The van der Waals surface area contributed by atoms with Gasteiger partial charge >= 0.3 is 0 Å². The van der Waals surface area contributed by atoms with Crippen LogP contribution in [-0.4, -0.2) is 19.8 Å². The van der Waals surface area contributed by atoms with E-state index in [1.807, 2.05) is 22.2 Å². The van der Waals surface area contributed by atoms with Crippen molar-refractivity contribution in [1.29, 1.82) is 0 Å². The minimum Gasteiger partial charge on any atom is -0.207 e. The van der Waals surface area contributed by atoms with E-state index in [-0.39, 0.29) is 5.88 Å². The van der Waals surface area contributed by atoms with Gasteiger partial charge in [-0.25, -0.2) is 8.42 Å². The molecule has 0 bridgehead atoms. The van der Waals surface area contributed by atoms with E-state index in [1.165, 1.54) is 15.6 Å². The fraction of sp³-hybridized carbons (Fsp3) is 0.333. The maximum absolute atomic E-state index is 12.6. The number of alkyl halides is 1. The topological polar surface area (TPSA) is 37.4 Å². The molecular formula is C12H14ClNO2S3. The van der Waals surface area contributed by atoms with Gasteiger partial charge in [-0.3, -0.25) is 0 Å². The van der Waals surface area contributed by atoms with Crippen LogP contribution in [0.3, 0.4) is 0 Å². The Bertz CT molecular complexity index is 647. The summed E-state index contributed by atoms with van der Waals surface area (Å²) < 4.78 is 26.6. The second-order valence-electron chi connectivity index (χ2n) is 4.20. The third-order valence-corrected chi connectivity index (χ3v) is 7.19. The molecular weight excluding hydrogens is 322 g/mol. The molecule has 2 heterocycles. The zero-order chi connectivity index (χ0) is 14.0. The Morgan fingerprint density at radius 2 is 2.11 bits per heavy atom. The van der Waals surface area contributed by atoms with E-state index >= 15 is 0 Å². The van der Waals surface area contributed by atoms with Crippen molar-refractivity contribution in [1.82, 2.24) is 4.31 Å². The van der Waals surface area contributed by atoms with Crippen LogP contribution in [0.2, 0.25) is 0 Å². The van der Waals surface area contributed by atoms with Crippen LogP contribution in [0.5, 0.6) is 0 Å². The predicted octanol–water partition coefficient (Wildman–Crippen LogP) is 3.68. The van der Waals surface area contributed by atoms with E-state index in [1.54, 1.807) is 25.3 Å². The lowest BCUT2D eigenvalue weighted by Crippen LogP contribution is -2.27. The molecule has 0 saturated heterocycles. The summed E-state index contributed by atoms with van der Waals surface area (Å²) in [6.07, 6.45) is 0. The standard InChI is InChI=1S/C12H14ClNO2S3/c1-9-7-18-11(5-13)12(9)19(15,16)14(2)6-10-3-4-17-8-10/h3-4,7-8H,5-6H2,1-2H3. The van der Waals surface area contributed by atoms with E-state index < -0.39 is 10.0 Å². The van der Waals surface area contributed by atoms with Gasteiger partial charge < -0.3 is 0 Å². The van der Waals surface area contributed by atoms with Crippen LogP contribution < -0.4 is 0 Å². The largest absolute Gasteiger partial charge is 0.244 e.